The van der Waals surface area contributed by atoms with Gasteiger partial charge in [-0.1, -0.05) is 52.0 Å². The third-order valence-corrected chi connectivity index (χ3v) is 4.52. The number of amides is 1. The first-order chi connectivity index (χ1) is 12.4. The molecule has 1 atom stereocenters. The van der Waals surface area contributed by atoms with Crippen LogP contribution in [0.1, 0.15) is 67.4 Å². The van der Waals surface area contributed by atoms with E-state index in [4.69, 9.17) is 4.74 Å². The molecule has 138 valence electrons. The maximum atomic E-state index is 12.0. The fourth-order valence-corrected chi connectivity index (χ4v) is 2.55. The van der Waals surface area contributed by atoms with Crippen LogP contribution in [0.2, 0.25) is 0 Å². The monoisotopic (exact) mass is 353 g/mol. The number of carbonyl (C=O) groups excluding carboxylic acids is 2. The van der Waals surface area contributed by atoms with Gasteiger partial charge in [0.2, 0.25) is 0 Å². The van der Waals surface area contributed by atoms with Crippen LogP contribution in [-0.4, -0.2) is 18.5 Å². The number of ether oxygens (including phenoxy) is 1. The van der Waals surface area contributed by atoms with E-state index in [1.54, 1.807) is 12.1 Å². The molecule has 2 aromatic rings. The standard InChI is InChI=1S/C22H27NO3/c1-5-16(4)18-10-12-20(13-11-18)23-21(24)14-26-22(25)19-8-6-17(7-9-19)15(2)3/h6-13,15-16H,5,14H2,1-4H3,(H,23,24)/t16-/m1/s1. The van der Waals surface area contributed by atoms with E-state index in [1.807, 2.05) is 36.4 Å². The van der Waals surface area contributed by atoms with Gasteiger partial charge in [-0.25, -0.2) is 4.79 Å². The first-order valence-electron chi connectivity index (χ1n) is 9.07. The molecule has 2 aromatic carbocycles. The summed E-state index contributed by atoms with van der Waals surface area (Å²) in [6, 6.07) is 15.0. The number of anilines is 1. The number of carbonyl (C=O) groups is 2. The second kappa shape index (κ2) is 9.18. The molecular weight excluding hydrogens is 326 g/mol. The van der Waals surface area contributed by atoms with Gasteiger partial charge in [-0.2, -0.15) is 0 Å². The zero-order valence-electron chi connectivity index (χ0n) is 15.9. The van der Waals surface area contributed by atoms with E-state index in [9.17, 15) is 9.59 Å². The summed E-state index contributed by atoms with van der Waals surface area (Å²) in [5.41, 5.74) is 3.53. The van der Waals surface area contributed by atoms with Gasteiger partial charge in [0.15, 0.2) is 6.61 Å². The SMILES string of the molecule is CC[C@@H](C)c1ccc(NC(=O)COC(=O)c2ccc(C(C)C)cc2)cc1. The van der Waals surface area contributed by atoms with Crippen molar-refractivity contribution in [2.45, 2.75) is 46.0 Å². The highest BCUT2D eigenvalue weighted by atomic mass is 16.5. The molecular formula is C22H27NO3. The van der Waals surface area contributed by atoms with Crippen molar-refractivity contribution in [3.63, 3.8) is 0 Å². The Morgan fingerprint density at radius 2 is 1.50 bits per heavy atom. The Morgan fingerprint density at radius 1 is 0.923 bits per heavy atom. The Bertz CT molecular complexity index is 733. The Kier molecular flexibility index (Phi) is 6.96. The molecule has 26 heavy (non-hydrogen) atoms. The van der Waals surface area contributed by atoms with Crippen molar-refractivity contribution >= 4 is 17.6 Å². The van der Waals surface area contributed by atoms with Crippen LogP contribution in [0.15, 0.2) is 48.5 Å². The van der Waals surface area contributed by atoms with Gasteiger partial charge in [0.05, 0.1) is 5.56 Å². The van der Waals surface area contributed by atoms with Crippen molar-refractivity contribution in [2.75, 3.05) is 11.9 Å². The number of hydrogen-bond acceptors (Lipinski definition) is 3. The summed E-state index contributed by atoms with van der Waals surface area (Å²) in [5, 5.41) is 2.74. The molecule has 0 heterocycles. The van der Waals surface area contributed by atoms with Crippen LogP contribution >= 0.6 is 0 Å². The highest BCUT2D eigenvalue weighted by molar-refractivity contribution is 5.95. The number of nitrogens with one attached hydrogen (secondary N) is 1. The molecule has 0 saturated carbocycles. The lowest BCUT2D eigenvalue weighted by molar-refractivity contribution is -0.119. The second-order valence-corrected chi connectivity index (χ2v) is 6.83. The summed E-state index contributed by atoms with van der Waals surface area (Å²) in [4.78, 5) is 24.0. The molecule has 0 unspecified atom stereocenters. The van der Waals surface area contributed by atoms with E-state index in [-0.39, 0.29) is 12.5 Å². The van der Waals surface area contributed by atoms with Gasteiger partial charge in [0.1, 0.15) is 0 Å². The molecule has 0 spiro atoms. The Hall–Kier alpha value is -2.62. The molecule has 1 N–H and O–H groups in total. The minimum atomic E-state index is -0.498. The maximum Gasteiger partial charge on any atom is 0.338 e. The van der Waals surface area contributed by atoms with Gasteiger partial charge >= 0.3 is 5.97 Å². The normalized spacial score (nSPS) is 11.9. The van der Waals surface area contributed by atoms with E-state index < -0.39 is 5.97 Å². The van der Waals surface area contributed by atoms with Crippen LogP contribution in [-0.2, 0) is 9.53 Å². The largest absolute Gasteiger partial charge is 0.452 e. The maximum absolute atomic E-state index is 12.0. The van der Waals surface area contributed by atoms with E-state index in [2.05, 4.69) is 33.0 Å². The van der Waals surface area contributed by atoms with Gasteiger partial charge in [-0.15, -0.1) is 0 Å². The third kappa shape index (κ3) is 5.45. The molecule has 4 nitrogen and oxygen atoms in total. The molecule has 0 fully saturated rings. The van der Waals surface area contributed by atoms with Gasteiger partial charge in [0.25, 0.3) is 5.91 Å². The predicted octanol–water partition coefficient (Wildman–Crippen LogP) is 5.12. The fourth-order valence-electron chi connectivity index (χ4n) is 2.55. The molecule has 0 saturated heterocycles. The minimum Gasteiger partial charge on any atom is -0.452 e. The molecule has 0 aliphatic heterocycles. The van der Waals surface area contributed by atoms with E-state index in [0.29, 0.717) is 23.1 Å². The third-order valence-electron chi connectivity index (χ3n) is 4.52. The summed E-state index contributed by atoms with van der Waals surface area (Å²) in [5.74, 6) is 0.0383. The Morgan fingerprint density at radius 3 is 2.04 bits per heavy atom. The van der Waals surface area contributed by atoms with Gasteiger partial charge in [-0.05, 0) is 53.6 Å². The minimum absolute atomic E-state index is 0.308. The number of hydrogen-bond donors (Lipinski definition) is 1. The van der Waals surface area contributed by atoms with Crippen molar-refractivity contribution in [3.05, 3.63) is 65.2 Å². The Balaban J connectivity index is 1.85. The summed E-state index contributed by atoms with van der Waals surface area (Å²) >= 11 is 0. The molecule has 0 radical (unpaired) electrons. The molecule has 1 amide bonds. The average molecular weight is 353 g/mol. The van der Waals surface area contributed by atoms with Gasteiger partial charge in [0, 0.05) is 5.69 Å². The molecule has 4 heteroatoms. The topological polar surface area (TPSA) is 55.4 Å². The van der Waals surface area contributed by atoms with Crippen LogP contribution in [0, 0.1) is 0 Å². The second-order valence-electron chi connectivity index (χ2n) is 6.83. The molecule has 0 aliphatic rings. The summed E-state index contributed by atoms with van der Waals surface area (Å²) in [7, 11) is 0. The Labute approximate surface area is 155 Å². The summed E-state index contributed by atoms with van der Waals surface area (Å²) in [6.45, 7) is 8.18. The van der Waals surface area contributed by atoms with Crippen molar-refractivity contribution in [1.29, 1.82) is 0 Å². The summed E-state index contributed by atoms with van der Waals surface area (Å²) in [6.07, 6.45) is 1.07. The lowest BCUT2D eigenvalue weighted by Gasteiger charge is -2.11. The van der Waals surface area contributed by atoms with Crippen LogP contribution < -0.4 is 5.32 Å². The number of rotatable bonds is 7. The van der Waals surface area contributed by atoms with Crippen molar-refractivity contribution in [3.8, 4) is 0 Å². The highest BCUT2D eigenvalue weighted by Crippen LogP contribution is 2.20. The molecule has 2 rings (SSSR count). The van der Waals surface area contributed by atoms with E-state index in [0.717, 1.165) is 12.0 Å². The molecule has 0 bridgehead atoms. The molecule has 0 aliphatic carbocycles. The quantitative estimate of drug-likeness (QED) is 0.703. The highest BCUT2D eigenvalue weighted by Gasteiger charge is 2.11. The first kappa shape index (κ1) is 19.7. The van der Waals surface area contributed by atoms with Crippen molar-refractivity contribution < 1.29 is 14.3 Å². The lowest BCUT2D eigenvalue weighted by Crippen LogP contribution is -2.21. The smallest absolute Gasteiger partial charge is 0.338 e. The van der Waals surface area contributed by atoms with Gasteiger partial charge < -0.3 is 10.1 Å². The van der Waals surface area contributed by atoms with Crippen molar-refractivity contribution in [1.82, 2.24) is 0 Å². The van der Waals surface area contributed by atoms with Crippen molar-refractivity contribution in [2.24, 2.45) is 0 Å². The van der Waals surface area contributed by atoms with Crippen LogP contribution in [0.4, 0.5) is 5.69 Å². The van der Waals surface area contributed by atoms with E-state index in [1.165, 1.54) is 5.56 Å². The van der Waals surface area contributed by atoms with Crippen LogP contribution in [0.5, 0.6) is 0 Å². The van der Waals surface area contributed by atoms with Crippen LogP contribution in [0.25, 0.3) is 0 Å². The zero-order valence-corrected chi connectivity index (χ0v) is 15.9. The average Bonchev–Trinajstić information content (AvgIpc) is 2.66. The van der Waals surface area contributed by atoms with Crippen LogP contribution in [0.3, 0.4) is 0 Å². The zero-order chi connectivity index (χ0) is 19.1. The number of benzene rings is 2. The van der Waals surface area contributed by atoms with E-state index >= 15 is 0 Å². The summed E-state index contributed by atoms with van der Waals surface area (Å²) < 4.78 is 5.09. The predicted molar refractivity (Wildman–Crippen MR) is 105 cm³/mol. The lowest BCUT2D eigenvalue weighted by atomic mass is 9.99. The van der Waals surface area contributed by atoms with Gasteiger partial charge in [-0.3, -0.25) is 4.79 Å². The first-order valence-corrected chi connectivity index (χ1v) is 9.07. The molecule has 0 aromatic heterocycles. The fraction of sp³-hybridized carbons (Fsp3) is 0.364. The number of esters is 1.